The molecule has 0 aliphatic carbocycles. The fourth-order valence-electron chi connectivity index (χ4n) is 1.85. The summed E-state index contributed by atoms with van der Waals surface area (Å²) in [5.41, 5.74) is 0.907. The van der Waals surface area contributed by atoms with Crippen LogP contribution in [0.25, 0.3) is 0 Å². The first-order valence-corrected chi connectivity index (χ1v) is 7.49. The van der Waals surface area contributed by atoms with Crippen molar-refractivity contribution in [2.24, 2.45) is 5.92 Å². The third-order valence-electron chi connectivity index (χ3n) is 2.83. The number of hydrogen-bond donors (Lipinski definition) is 1. The molecule has 0 unspecified atom stereocenters. The van der Waals surface area contributed by atoms with Crippen LogP contribution < -0.4 is 5.32 Å². The van der Waals surface area contributed by atoms with Gasteiger partial charge in [0.25, 0.3) is 0 Å². The molecule has 1 aromatic carbocycles. The molecule has 0 aliphatic rings. The van der Waals surface area contributed by atoms with E-state index in [4.69, 9.17) is 4.74 Å². The quantitative estimate of drug-likeness (QED) is 0.657. The second kappa shape index (κ2) is 7.54. The van der Waals surface area contributed by atoms with Crippen molar-refractivity contribution in [1.29, 1.82) is 0 Å². The normalized spacial score (nSPS) is 11.7. The molecular weight excluding hydrogens is 288 g/mol. The van der Waals surface area contributed by atoms with Crippen LogP contribution in [0.3, 0.4) is 0 Å². The minimum atomic E-state index is -0.878. The van der Waals surface area contributed by atoms with Crippen molar-refractivity contribution in [3.63, 3.8) is 0 Å². The van der Waals surface area contributed by atoms with Crippen molar-refractivity contribution in [1.82, 2.24) is 4.98 Å². The van der Waals surface area contributed by atoms with E-state index >= 15 is 0 Å². The van der Waals surface area contributed by atoms with Crippen molar-refractivity contribution < 1.29 is 14.3 Å². The van der Waals surface area contributed by atoms with Crippen LogP contribution in [0.15, 0.2) is 41.9 Å². The summed E-state index contributed by atoms with van der Waals surface area (Å²) in [7, 11) is 0. The monoisotopic (exact) mass is 304 g/mol. The van der Waals surface area contributed by atoms with Gasteiger partial charge in [-0.2, -0.15) is 0 Å². The molecule has 0 saturated carbocycles. The predicted molar refractivity (Wildman–Crippen MR) is 81.0 cm³/mol. The first kappa shape index (κ1) is 15.2. The van der Waals surface area contributed by atoms with Gasteiger partial charge in [-0.1, -0.05) is 30.3 Å². The van der Waals surface area contributed by atoms with Crippen LogP contribution in [0, 0.1) is 5.92 Å². The van der Waals surface area contributed by atoms with Gasteiger partial charge in [-0.25, -0.2) is 4.98 Å². The third kappa shape index (κ3) is 4.39. The van der Waals surface area contributed by atoms with E-state index in [0.717, 1.165) is 5.56 Å². The lowest BCUT2D eigenvalue weighted by atomic mass is 9.98. The molecule has 2 aromatic rings. The van der Waals surface area contributed by atoms with E-state index in [1.54, 1.807) is 18.5 Å². The van der Waals surface area contributed by atoms with Gasteiger partial charge in [0.15, 0.2) is 5.13 Å². The number of carbonyl (C=O) groups is 2. The number of ether oxygens (including phenoxy) is 1. The third-order valence-corrected chi connectivity index (χ3v) is 3.52. The maximum atomic E-state index is 12.3. The average molecular weight is 304 g/mol. The molecule has 0 fully saturated rings. The molecule has 0 bridgehead atoms. The van der Waals surface area contributed by atoms with E-state index in [9.17, 15) is 9.59 Å². The van der Waals surface area contributed by atoms with Gasteiger partial charge in [-0.05, 0) is 18.9 Å². The maximum absolute atomic E-state index is 12.3. The highest BCUT2D eigenvalue weighted by atomic mass is 32.1. The SMILES string of the molecule is CCOC(=O)[C@@H](Cc1ccccc1)C(=O)Nc1nccs1. The van der Waals surface area contributed by atoms with E-state index in [0.29, 0.717) is 11.6 Å². The number of amides is 1. The number of rotatable bonds is 6. The number of thiazole rings is 1. The number of esters is 1. The summed E-state index contributed by atoms with van der Waals surface area (Å²) >= 11 is 1.30. The van der Waals surface area contributed by atoms with Crippen molar-refractivity contribution in [2.75, 3.05) is 11.9 Å². The lowest BCUT2D eigenvalue weighted by Gasteiger charge is -2.14. The number of carbonyl (C=O) groups excluding carboxylic acids is 2. The summed E-state index contributed by atoms with van der Waals surface area (Å²) in [4.78, 5) is 28.3. The number of anilines is 1. The van der Waals surface area contributed by atoms with Crippen molar-refractivity contribution >= 4 is 28.3 Å². The van der Waals surface area contributed by atoms with E-state index in [1.807, 2.05) is 30.3 Å². The van der Waals surface area contributed by atoms with E-state index < -0.39 is 17.8 Å². The van der Waals surface area contributed by atoms with E-state index in [-0.39, 0.29) is 6.61 Å². The fourth-order valence-corrected chi connectivity index (χ4v) is 2.39. The average Bonchev–Trinajstić information content (AvgIpc) is 2.99. The standard InChI is InChI=1S/C15H16N2O3S/c1-2-20-14(19)12(10-11-6-4-3-5-7-11)13(18)17-15-16-8-9-21-15/h3-9,12H,2,10H2,1H3,(H,16,17,18)/t12-/m0/s1. The van der Waals surface area contributed by atoms with Crippen LogP contribution in [-0.4, -0.2) is 23.5 Å². The molecule has 110 valence electrons. The molecule has 21 heavy (non-hydrogen) atoms. The smallest absolute Gasteiger partial charge is 0.318 e. The summed E-state index contributed by atoms with van der Waals surface area (Å²) in [6.07, 6.45) is 1.90. The Labute approximate surface area is 127 Å². The molecule has 5 nitrogen and oxygen atoms in total. The lowest BCUT2D eigenvalue weighted by molar-refractivity contribution is -0.150. The second-order valence-corrected chi connectivity index (χ2v) is 5.22. The molecule has 0 saturated heterocycles. The number of aromatic nitrogens is 1. The number of benzene rings is 1. The van der Waals surface area contributed by atoms with Crippen molar-refractivity contribution in [2.45, 2.75) is 13.3 Å². The van der Waals surface area contributed by atoms with Crippen LogP contribution >= 0.6 is 11.3 Å². The van der Waals surface area contributed by atoms with Gasteiger partial charge >= 0.3 is 5.97 Å². The van der Waals surface area contributed by atoms with Gasteiger partial charge in [-0.3, -0.25) is 9.59 Å². The zero-order chi connectivity index (χ0) is 15.1. The maximum Gasteiger partial charge on any atom is 0.318 e. The number of hydrogen-bond acceptors (Lipinski definition) is 5. The van der Waals surface area contributed by atoms with Crippen LogP contribution in [0.1, 0.15) is 12.5 Å². The molecule has 1 amide bonds. The minimum Gasteiger partial charge on any atom is -0.465 e. The lowest BCUT2D eigenvalue weighted by Crippen LogP contribution is -2.32. The first-order valence-electron chi connectivity index (χ1n) is 6.61. The molecule has 1 heterocycles. The Kier molecular flexibility index (Phi) is 5.45. The molecule has 1 aromatic heterocycles. The zero-order valence-electron chi connectivity index (χ0n) is 11.6. The highest BCUT2D eigenvalue weighted by molar-refractivity contribution is 7.13. The molecule has 0 aliphatic heterocycles. The second-order valence-electron chi connectivity index (χ2n) is 4.32. The van der Waals surface area contributed by atoms with Crippen LogP contribution in [0.2, 0.25) is 0 Å². The highest BCUT2D eigenvalue weighted by Gasteiger charge is 2.28. The van der Waals surface area contributed by atoms with Gasteiger partial charge in [0.2, 0.25) is 5.91 Å². The molecule has 0 radical (unpaired) electrons. The van der Waals surface area contributed by atoms with Gasteiger partial charge in [0.05, 0.1) is 6.61 Å². The number of nitrogens with zero attached hydrogens (tertiary/aromatic N) is 1. The molecular formula is C15H16N2O3S. The van der Waals surface area contributed by atoms with Gasteiger partial charge in [0.1, 0.15) is 5.92 Å². The van der Waals surface area contributed by atoms with Crippen molar-refractivity contribution in [3.05, 3.63) is 47.5 Å². The van der Waals surface area contributed by atoms with Crippen LogP contribution in [0.5, 0.6) is 0 Å². The van der Waals surface area contributed by atoms with Gasteiger partial charge in [0, 0.05) is 11.6 Å². The summed E-state index contributed by atoms with van der Waals surface area (Å²) in [5, 5.41) is 4.88. The largest absolute Gasteiger partial charge is 0.465 e. The first-order chi connectivity index (χ1) is 10.2. The van der Waals surface area contributed by atoms with Gasteiger partial charge in [-0.15, -0.1) is 11.3 Å². The number of nitrogens with one attached hydrogen (secondary N) is 1. The van der Waals surface area contributed by atoms with Crippen LogP contribution in [-0.2, 0) is 20.7 Å². The van der Waals surface area contributed by atoms with Crippen molar-refractivity contribution in [3.8, 4) is 0 Å². The van der Waals surface area contributed by atoms with E-state index in [2.05, 4.69) is 10.3 Å². The fraction of sp³-hybridized carbons (Fsp3) is 0.267. The van der Waals surface area contributed by atoms with Gasteiger partial charge < -0.3 is 10.1 Å². The van der Waals surface area contributed by atoms with Crippen LogP contribution in [0.4, 0.5) is 5.13 Å². The summed E-state index contributed by atoms with van der Waals surface area (Å²) < 4.78 is 5.00. The molecule has 1 N–H and O–H groups in total. The predicted octanol–water partition coefficient (Wildman–Crippen LogP) is 2.50. The Balaban J connectivity index is 2.11. The highest BCUT2D eigenvalue weighted by Crippen LogP contribution is 2.16. The topological polar surface area (TPSA) is 68.3 Å². The molecule has 1 atom stereocenters. The molecule has 2 rings (SSSR count). The Morgan fingerprint density at radius 3 is 2.71 bits per heavy atom. The summed E-state index contributed by atoms with van der Waals surface area (Å²) in [6.45, 7) is 1.96. The Bertz CT molecular complexity index is 584. The summed E-state index contributed by atoms with van der Waals surface area (Å²) in [6, 6.07) is 9.39. The zero-order valence-corrected chi connectivity index (χ0v) is 12.4. The Morgan fingerprint density at radius 2 is 2.10 bits per heavy atom. The Hall–Kier alpha value is -2.21. The minimum absolute atomic E-state index is 0.245. The summed E-state index contributed by atoms with van der Waals surface area (Å²) in [5.74, 6) is -1.79. The molecule has 6 heteroatoms. The van der Waals surface area contributed by atoms with E-state index in [1.165, 1.54) is 11.3 Å². The molecule has 0 spiro atoms. The Morgan fingerprint density at radius 1 is 1.33 bits per heavy atom.